The third-order valence-electron chi connectivity index (χ3n) is 2.42. The number of quaternary nitrogens is 1. The van der Waals surface area contributed by atoms with Crippen molar-refractivity contribution in [3.8, 4) is 0 Å². The largest absolute Gasteiger partial charge is 0.464 e. The SMILES string of the molecule is COC(=O)C([NH3+])c1ccc(C)c(C)c1. The van der Waals surface area contributed by atoms with Gasteiger partial charge in [0.2, 0.25) is 6.04 Å². The van der Waals surface area contributed by atoms with Crippen LogP contribution in [0.1, 0.15) is 22.7 Å². The number of esters is 1. The second-order valence-electron chi connectivity index (χ2n) is 3.42. The van der Waals surface area contributed by atoms with Crippen LogP contribution < -0.4 is 5.73 Å². The molecule has 1 aromatic carbocycles. The maximum atomic E-state index is 11.2. The summed E-state index contributed by atoms with van der Waals surface area (Å²) < 4.78 is 4.64. The van der Waals surface area contributed by atoms with E-state index < -0.39 is 6.04 Å². The molecule has 0 aliphatic carbocycles. The molecule has 0 saturated heterocycles. The summed E-state index contributed by atoms with van der Waals surface area (Å²) in [6.07, 6.45) is 0. The number of hydrogen-bond donors (Lipinski definition) is 1. The molecule has 3 nitrogen and oxygen atoms in total. The maximum absolute atomic E-state index is 11.2. The van der Waals surface area contributed by atoms with Crippen LogP contribution in [0.25, 0.3) is 0 Å². The highest BCUT2D eigenvalue weighted by atomic mass is 16.5. The first-order chi connectivity index (χ1) is 6.56. The molecule has 1 unspecified atom stereocenters. The molecular formula is C11H16NO2+. The van der Waals surface area contributed by atoms with E-state index in [-0.39, 0.29) is 5.97 Å². The number of benzene rings is 1. The highest BCUT2D eigenvalue weighted by molar-refractivity contribution is 5.75. The Balaban J connectivity index is 2.96. The van der Waals surface area contributed by atoms with Crippen molar-refractivity contribution in [1.29, 1.82) is 0 Å². The maximum Gasteiger partial charge on any atom is 0.369 e. The Morgan fingerprint density at radius 1 is 1.36 bits per heavy atom. The predicted molar refractivity (Wildman–Crippen MR) is 53.6 cm³/mol. The lowest BCUT2D eigenvalue weighted by atomic mass is 10.0. The normalized spacial score (nSPS) is 12.3. The van der Waals surface area contributed by atoms with E-state index in [1.165, 1.54) is 18.2 Å². The molecule has 0 aliphatic rings. The Labute approximate surface area is 83.9 Å². The van der Waals surface area contributed by atoms with E-state index in [1.54, 1.807) is 0 Å². The molecule has 0 amide bonds. The monoisotopic (exact) mass is 194 g/mol. The lowest BCUT2D eigenvalue weighted by Gasteiger charge is -2.08. The highest BCUT2D eigenvalue weighted by Gasteiger charge is 2.20. The number of ether oxygens (including phenoxy) is 1. The Bertz CT molecular complexity index is 347. The first-order valence-corrected chi connectivity index (χ1v) is 4.54. The van der Waals surface area contributed by atoms with Crippen LogP contribution in [-0.2, 0) is 9.53 Å². The average Bonchev–Trinajstić information content (AvgIpc) is 2.20. The fourth-order valence-electron chi connectivity index (χ4n) is 1.26. The van der Waals surface area contributed by atoms with E-state index in [9.17, 15) is 4.79 Å². The molecule has 3 N–H and O–H groups in total. The summed E-state index contributed by atoms with van der Waals surface area (Å²) in [5.74, 6) is -0.298. The summed E-state index contributed by atoms with van der Waals surface area (Å²) >= 11 is 0. The first-order valence-electron chi connectivity index (χ1n) is 4.54. The minimum absolute atomic E-state index is 0.298. The topological polar surface area (TPSA) is 53.9 Å². The van der Waals surface area contributed by atoms with Gasteiger partial charge < -0.3 is 10.5 Å². The average molecular weight is 194 g/mol. The molecule has 0 fully saturated rings. The zero-order valence-corrected chi connectivity index (χ0v) is 8.83. The van der Waals surface area contributed by atoms with Crippen LogP contribution in [0.15, 0.2) is 18.2 Å². The van der Waals surface area contributed by atoms with E-state index in [0.29, 0.717) is 0 Å². The van der Waals surface area contributed by atoms with E-state index in [2.05, 4.69) is 10.5 Å². The van der Waals surface area contributed by atoms with Gasteiger partial charge in [-0.05, 0) is 31.0 Å². The van der Waals surface area contributed by atoms with Gasteiger partial charge in [-0.2, -0.15) is 0 Å². The zero-order chi connectivity index (χ0) is 10.7. The number of methoxy groups -OCH3 is 1. The van der Waals surface area contributed by atoms with E-state index >= 15 is 0 Å². The van der Waals surface area contributed by atoms with Gasteiger partial charge in [0.05, 0.1) is 7.11 Å². The van der Waals surface area contributed by atoms with Crippen LogP contribution in [0.5, 0.6) is 0 Å². The smallest absolute Gasteiger partial charge is 0.369 e. The van der Waals surface area contributed by atoms with Crippen molar-refractivity contribution in [2.75, 3.05) is 7.11 Å². The van der Waals surface area contributed by atoms with Gasteiger partial charge in [0.1, 0.15) is 0 Å². The molecule has 1 aromatic rings. The van der Waals surface area contributed by atoms with Crippen molar-refractivity contribution >= 4 is 5.97 Å². The minimum Gasteiger partial charge on any atom is -0.464 e. The number of carbonyl (C=O) groups excluding carboxylic acids is 1. The van der Waals surface area contributed by atoms with Gasteiger partial charge in [0.25, 0.3) is 0 Å². The molecule has 14 heavy (non-hydrogen) atoms. The molecule has 0 heterocycles. The van der Waals surface area contributed by atoms with Gasteiger partial charge in [-0.25, -0.2) is 4.79 Å². The molecular weight excluding hydrogens is 178 g/mol. The number of hydrogen-bond acceptors (Lipinski definition) is 2. The van der Waals surface area contributed by atoms with Crippen molar-refractivity contribution < 1.29 is 15.3 Å². The van der Waals surface area contributed by atoms with Crippen LogP contribution in [0, 0.1) is 13.8 Å². The molecule has 3 heteroatoms. The molecule has 0 aromatic heterocycles. The Kier molecular flexibility index (Phi) is 3.25. The van der Waals surface area contributed by atoms with Crippen LogP contribution in [-0.4, -0.2) is 13.1 Å². The van der Waals surface area contributed by atoms with Gasteiger partial charge in [0, 0.05) is 5.56 Å². The van der Waals surface area contributed by atoms with Gasteiger partial charge in [0.15, 0.2) is 0 Å². The highest BCUT2D eigenvalue weighted by Crippen LogP contribution is 2.14. The van der Waals surface area contributed by atoms with Crippen molar-refractivity contribution in [3.63, 3.8) is 0 Å². The predicted octanol–water partition coefficient (Wildman–Crippen LogP) is 0.759. The molecule has 76 valence electrons. The third kappa shape index (κ3) is 2.12. The fourth-order valence-corrected chi connectivity index (χ4v) is 1.26. The first kappa shape index (κ1) is 10.7. The van der Waals surface area contributed by atoms with Crippen LogP contribution in [0.2, 0.25) is 0 Å². The quantitative estimate of drug-likeness (QED) is 0.707. The van der Waals surface area contributed by atoms with E-state index in [0.717, 1.165) is 5.56 Å². The van der Waals surface area contributed by atoms with Crippen molar-refractivity contribution in [1.82, 2.24) is 0 Å². The molecule has 0 radical (unpaired) electrons. The Morgan fingerprint density at radius 3 is 2.50 bits per heavy atom. The summed E-state index contributed by atoms with van der Waals surface area (Å²) in [6.45, 7) is 4.05. The number of carbonyl (C=O) groups is 1. The zero-order valence-electron chi connectivity index (χ0n) is 8.83. The lowest BCUT2D eigenvalue weighted by Crippen LogP contribution is -2.57. The van der Waals surface area contributed by atoms with E-state index in [4.69, 9.17) is 0 Å². The van der Waals surface area contributed by atoms with Crippen molar-refractivity contribution in [3.05, 3.63) is 34.9 Å². The summed E-state index contributed by atoms with van der Waals surface area (Å²) in [5.41, 5.74) is 7.06. The van der Waals surface area contributed by atoms with E-state index in [1.807, 2.05) is 32.0 Å². The van der Waals surface area contributed by atoms with Crippen LogP contribution in [0.4, 0.5) is 0 Å². The van der Waals surface area contributed by atoms with Crippen LogP contribution in [0.3, 0.4) is 0 Å². The molecule has 0 spiro atoms. The summed E-state index contributed by atoms with van der Waals surface area (Å²) in [5, 5.41) is 0. The second kappa shape index (κ2) is 4.24. The lowest BCUT2D eigenvalue weighted by molar-refractivity contribution is -0.414. The third-order valence-corrected chi connectivity index (χ3v) is 2.42. The molecule has 1 atom stereocenters. The standard InChI is InChI=1S/C11H15NO2/c1-7-4-5-9(6-8(7)2)10(12)11(13)14-3/h4-6,10H,12H2,1-3H3/p+1. The van der Waals surface area contributed by atoms with Gasteiger partial charge in [-0.3, -0.25) is 0 Å². The second-order valence-corrected chi connectivity index (χ2v) is 3.42. The van der Waals surface area contributed by atoms with Crippen molar-refractivity contribution in [2.45, 2.75) is 19.9 Å². The summed E-state index contributed by atoms with van der Waals surface area (Å²) in [6, 6.07) is 5.45. The Morgan fingerprint density at radius 2 is 2.00 bits per heavy atom. The molecule has 0 saturated carbocycles. The van der Waals surface area contributed by atoms with Gasteiger partial charge >= 0.3 is 5.97 Å². The number of aryl methyl sites for hydroxylation is 2. The summed E-state index contributed by atoms with van der Waals surface area (Å²) in [4.78, 5) is 11.2. The van der Waals surface area contributed by atoms with Crippen molar-refractivity contribution in [2.24, 2.45) is 0 Å². The Hall–Kier alpha value is -1.35. The minimum atomic E-state index is -0.431. The molecule has 0 aliphatic heterocycles. The summed E-state index contributed by atoms with van der Waals surface area (Å²) in [7, 11) is 1.38. The van der Waals surface area contributed by atoms with Gasteiger partial charge in [-0.1, -0.05) is 12.1 Å². The fraction of sp³-hybridized carbons (Fsp3) is 0.364. The molecule has 0 bridgehead atoms. The van der Waals surface area contributed by atoms with Gasteiger partial charge in [-0.15, -0.1) is 0 Å². The van der Waals surface area contributed by atoms with Crippen LogP contribution >= 0.6 is 0 Å². The molecule has 1 rings (SSSR count). The number of rotatable bonds is 2.